The zero-order chi connectivity index (χ0) is 11.4. The molecule has 90 valence electrons. The highest BCUT2D eigenvalue weighted by molar-refractivity contribution is 5.05. The molecule has 0 saturated heterocycles. The maximum atomic E-state index is 5.53. The Kier molecular flexibility index (Phi) is 3.96. The quantitative estimate of drug-likeness (QED) is 0.842. The Morgan fingerprint density at radius 1 is 1.56 bits per heavy atom. The van der Waals surface area contributed by atoms with Crippen molar-refractivity contribution in [1.82, 2.24) is 9.78 Å². The predicted molar refractivity (Wildman–Crippen MR) is 63.3 cm³/mol. The van der Waals surface area contributed by atoms with Crippen LogP contribution >= 0.6 is 0 Å². The van der Waals surface area contributed by atoms with Crippen LogP contribution in [0.3, 0.4) is 0 Å². The van der Waals surface area contributed by atoms with Gasteiger partial charge in [0.05, 0.1) is 18.3 Å². The molecule has 1 fully saturated rings. The van der Waals surface area contributed by atoms with Crippen molar-refractivity contribution in [3.8, 4) is 0 Å². The van der Waals surface area contributed by atoms with Crippen LogP contribution in [0.15, 0.2) is 12.4 Å². The molecular weight excluding hydrogens is 202 g/mol. The van der Waals surface area contributed by atoms with Gasteiger partial charge < -0.3 is 10.5 Å². The van der Waals surface area contributed by atoms with Crippen molar-refractivity contribution in [3.63, 3.8) is 0 Å². The van der Waals surface area contributed by atoms with Gasteiger partial charge in [0.2, 0.25) is 0 Å². The first kappa shape index (κ1) is 11.6. The lowest BCUT2D eigenvalue weighted by atomic mass is 9.93. The van der Waals surface area contributed by atoms with E-state index in [0.29, 0.717) is 18.7 Å². The van der Waals surface area contributed by atoms with Gasteiger partial charge >= 0.3 is 0 Å². The summed E-state index contributed by atoms with van der Waals surface area (Å²) in [5, 5.41) is 4.43. The number of methoxy groups -OCH3 is 1. The summed E-state index contributed by atoms with van der Waals surface area (Å²) >= 11 is 0. The van der Waals surface area contributed by atoms with E-state index >= 15 is 0 Å². The molecule has 0 aromatic carbocycles. The first-order valence-corrected chi connectivity index (χ1v) is 6.09. The number of hydrogen-bond acceptors (Lipinski definition) is 3. The van der Waals surface area contributed by atoms with E-state index in [4.69, 9.17) is 10.5 Å². The summed E-state index contributed by atoms with van der Waals surface area (Å²) in [6, 6.07) is 0.505. The standard InChI is InChI=1S/C12H21N3O/c1-16-12-4-2-3-11(7-12)15-9-10(5-6-13)8-14-15/h8-9,11-12H,2-7,13H2,1H3. The zero-order valence-electron chi connectivity index (χ0n) is 9.93. The van der Waals surface area contributed by atoms with Crippen LogP contribution in [-0.4, -0.2) is 29.5 Å². The smallest absolute Gasteiger partial charge is 0.0591 e. The third-order valence-electron chi connectivity index (χ3n) is 3.39. The van der Waals surface area contributed by atoms with Gasteiger partial charge in [0.15, 0.2) is 0 Å². The van der Waals surface area contributed by atoms with E-state index in [2.05, 4.69) is 16.0 Å². The number of nitrogens with zero attached hydrogens (tertiary/aromatic N) is 2. The summed E-state index contributed by atoms with van der Waals surface area (Å²) in [6.45, 7) is 0.692. The van der Waals surface area contributed by atoms with Gasteiger partial charge in [0.1, 0.15) is 0 Å². The number of rotatable bonds is 4. The summed E-state index contributed by atoms with van der Waals surface area (Å²) in [5.74, 6) is 0. The molecule has 0 bridgehead atoms. The monoisotopic (exact) mass is 223 g/mol. The Morgan fingerprint density at radius 3 is 3.19 bits per heavy atom. The molecule has 0 spiro atoms. The molecule has 0 aliphatic heterocycles. The number of nitrogens with two attached hydrogens (primary N) is 1. The summed E-state index contributed by atoms with van der Waals surface area (Å²) < 4.78 is 7.53. The van der Waals surface area contributed by atoms with Crippen LogP contribution in [-0.2, 0) is 11.2 Å². The van der Waals surface area contributed by atoms with Gasteiger partial charge in [-0.05, 0) is 44.2 Å². The van der Waals surface area contributed by atoms with Gasteiger partial charge in [-0.1, -0.05) is 0 Å². The molecule has 1 aliphatic rings. The Labute approximate surface area is 96.8 Å². The van der Waals surface area contributed by atoms with E-state index in [1.165, 1.54) is 24.8 Å². The fraction of sp³-hybridized carbons (Fsp3) is 0.750. The number of aromatic nitrogens is 2. The molecule has 16 heavy (non-hydrogen) atoms. The molecular formula is C12H21N3O. The summed E-state index contributed by atoms with van der Waals surface area (Å²) in [6.07, 6.45) is 10.1. The van der Waals surface area contributed by atoms with Gasteiger partial charge in [-0.3, -0.25) is 4.68 Å². The molecule has 4 nitrogen and oxygen atoms in total. The normalized spacial score (nSPS) is 25.9. The van der Waals surface area contributed by atoms with Gasteiger partial charge in [-0.15, -0.1) is 0 Å². The van der Waals surface area contributed by atoms with Crippen LogP contribution in [0.5, 0.6) is 0 Å². The molecule has 4 heteroatoms. The van der Waals surface area contributed by atoms with Gasteiger partial charge in [0.25, 0.3) is 0 Å². The molecule has 2 N–H and O–H groups in total. The molecule has 1 aromatic rings. The fourth-order valence-corrected chi connectivity index (χ4v) is 2.45. The van der Waals surface area contributed by atoms with E-state index in [9.17, 15) is 0 Å². The highest BCUT2D eigenvalue weighted by Crippen LogP contribution is 2.29. The van der Waals surface area contributed by atoms with Crippen molar-refractivity contribution in [2.75, 3.05) is 13.7 Å². The molecule has 2 rings (SSSR count). The average molecular weight is 223 g/mol. The third-order valence-corrected chi connectivity index (χ3v) is 3.39. The van der Waals surface area contributed by atoms with E-state index < -0.39 is 0 Å². The summed E-state index contributed by atoms with van der Waals surface area (Å²) in [4.78, 5) is 0. The molecule has 1 saturated carbocycles. The maximum absolute atomic E-state index is 5.53. The predicted octanol–water partition coefficient (Wildman–Crippen LogP) is 1.51. The molecule has 2 unspecified atom stereocenters. The van der Waals surface area contributed by atoms with E-state index in [-0.39, 0.29) is 0 Å². The highest BCUT2D eigenvalue weighted by atomic mass is 16.5. The molecule has 0 amide bonds. The highest BCUT2D eigenvalue weighted by Gasteiger charge is 2.23. The van der Waals surface area contributed by atoms with Gasteiger partial charge in [0, 0.05) is 13.3 Å². The van der Waals surface area contributed by atoms with Crippen molar-refractivity contribution >= 4 is 0 Å². The minimum atomic E-state index is 0.404. The SMILES string of the molecule is COC1CCCC(n2cc(CCN)cn2)C1. The van der Waals surface area contributed by atoms with Crippen molar-refractivity contribution in [2.45, 2.75) is 44.2 Å². The minimum absolute atomic E-state index is 0.404. The van der Waals surface area contributed by atoms with Gasteiger partial charge in [-0.25, -0.2) is 0 Å². The molecule has 0 radical (unpaired) electrons. The first-order valence-electron chi connectivity index (χ1n) is 6.09. The van der Waals surface area contributed by atoms with Crippen LogP contribution in [0.1, 0.15) is 37.3 Å². The Hall–Kier alpha value is -0.870. The van der Waals surface area contributed by atoms with E-state index in [1.54, 1.807) is 7.11 Å². The van der Waals surface area contributed by atoms with Crippen LogP contribution in [0.2, 0.25) is 0 Å². The van der Waals surface area contributed by atoms with Crippen molar-refractivity contribution in [1.29, 1.82) is 0 Å². The average Bonchev–Trinajstić information content (AvgIpc) is 2.78. The van der Waals surface area contributed by atoms with E-state index in [1.807, 2.05) is 6.20 Å². The first-order chi connectivity index (χ1) is 7.83. The molecule has 1 aromatic heterocycles. The lowest BCUT2D eigenvalue weighted by molar-refractivity contribution is 0.0508. The van der Waals surface area contributed by atoms with E-state index in [0.717, 1.165) is 12.8 Å². The second-order valence-electron chi connectivity index (χ2n) is 4.55. The lowest BCUT2D eigenvalue weighted by Gasteiger charge is -2.28. The third kappa shape index (κ3) is 2.62. The summed E-state index contributed by atoms with van der Waals surface area (Å²) in [7, 11) is 1.80. The maximum Gasteiger partial charge on any atom is 0.0591 e. The Bertz CT molecular complexity index is 324. The van der Waals surface area contributed by atoms with Crippen molar-refractivity contribution < 1.29 is 4.74 Å². The molecule has 2 atom stereocenters. The zero-order valence-corrected chi connectivity index (χ0v) is 9.93. The lowest BCUT2D eigenvalue weighted by Crippen LogP contribution is -2.24. The molecule has 1 aliphatic carbocycles. The Balaban J connectivity index is 1.99. The van der Waals surface area contributed by atoms with Crippen molar-refractivity contribution in [2.24, 2.45) is 5.73 Å². The van der Waals surface area contributed by atoms with Crippen LogP contribution in [0.4, 0.5) is 0 Å². The minimum Gasteiger partial charge on any atom is -0.381 e. The topological polar surface area (TPSA) is 53.1 Å². The summed E-state index contributed by atoms with van der Waals surface area (Å²) in [5.41, 5.74) is 6.77. The second kappa shape index (κ2) is 5.46. The largest absolute Gasteiger partial charge is 0.381 e. The molecule has 1 heterocycles. The van der Waals surface area contributed by atoms with Crippen molar-refractivity contribution in [3.05, 3.63) is 18.0 Å². The number of ether oxygens (including phenoxy) is 1. The second-order valence-corrected chi connectivity index (χ2v) is 4.55. The van der Waals surface area contributed by atoms with Crippen LogP contribution in [0.25, 0.3) is 0 Å². The fourth-order valence-electron chi connectivity index (χ4n) is 2.45. The van der Waals surface area contributed by atoms with Crippen LogP contribution < -0.4 is 5.73 Å². The van der Waals surface area contributed by atoms with Crippen LogP contribution in [0, 0.1) is 0 Å². The Morgan fingerprint density at radius 2 is 2.44 bits per heavy atom. The number of hydrogen-bond donors (Lipinski definition) is 1. The van der Waals surface area contributed by atoms with Gasteiger partial charge in [-0.2, -0.15) is 5.10 Å².